The fraction of sp³-hybridized carbons (Fsp3) is 0.350. The van der Waals surface area contributed by atoms with Crippen molar-refractivity contribution in [2.75, 3.05) is 37.7 Å². The Balaban J connectivity index is 1.60. The summed E-state index contributed by atoms with van der Waals surface area (Å²) < 4.78 is 5.55. The standard InChI is InChI=1S/C20H22ClN3O4/c1-2-13-28-17-6-3-15(4-7-17)20(25)23-11-9-22(10-12-23)19-8-5-16(24(26)27)14-18(19)21/h3-8,14H,2,9-13H2,1H3. The zero-order valence-electron chi connectivity index (χ0n) is 15.6. The number of nitro benzene ring substituents is 1. The number of piperazine rings is 1. The Labute approximate surface area is 168 Å². The lowest BCUT2D eigenvalue weighted by Gasteiger charge is -2.36. The maximum atomic E-state index is 12.7. The normalized spacial score (nSPS) is 14.1. The molecule has 0 saturated carbocycles. The summed E-state index contributed by atoms with van der Waals surface area (Å²) in [4.78, 5) is 26.9. The first-order valence-electron chi connectivity index (χ1n) is 9.20. The molecule has 148 valence electrons. The van der Waals surface area contributed by atoms with Crippen LogP contribution in [0.15, 0.2) is 42.5 Å². The van der Waals surface area contributed by atoms with Crippen LogP contribution in [0.25, 0.3) is 0 Å². The van der Waals surface area contributed by atoms with Gasteiger partial charge < -0.3 is 14.5 Å². The number of rotatable bonds is 6. The first-order valence-corrected chi connectivity index (χ1v) is 9.58. The van der Waals surface area contributed by atoms with E-state index in [1.165, 1.54) is 12.1 Å². The van der Waals surface area contributed by atoms with E-state index in [0.717, 1.165) is 17.9 Å². The Morgan fingerprint density at radius 1 is 1.14 bits per heavy atom. The second kappa shape index (κ2) is 8.93. The molecule has 1 fully saturated rings. The van der Waals surface area contributed by atoms with Gasteiger partial charge in [0.1, 0.15) is 5.75 Å². The Morgan fingerprint density at radius 2 is 1.82 bits per heavy atom. The molecule has 1 aliphatic heterocycles. The lowest BCUT2D eigenvalue weighted by atomic mass is 10.1. The molecule has 28 heavy (non-hydrogen) atoms. The number of ether oxygens (including phenoxy) is 1. The lowest BCUT2D eigenvalue weighted by Crippen LogP contribution is -2.48. The average molecular weight is 404 g/mol. The molecule has 8 heteroatoms. The highest BCUT2D eigenvalue weighted by atomic mass is 35.5. The van der Waals surface area contributed by atoms with Crippen LogP contribution in [0, 0.1) is 10.1 Å². The van der Waals surface area contributed by atoms with Crippen molar-refractivity contribution in [2.24, 2.45) is 0 Å². The van der Waals surface area contributed by atoms with Crippen LogP contribution in [0.2, 0.25) is 5.02 Å². The Hall–Kier alpha value is -2.80. The number of amides is 1. The lowest BCUT2D eigenvalue weighted by molar-refractivity contribution is -0.384. The van der Waals surface area contributed by atoms with Crippen LogP contribution in [0.4, 0.5) is 11.4 Å². The molecular formula is C20H22ClN3O4. The van der Waals surface area contributed by atoms with E-state index in [1.807, 2.05) is 24.0 Å². The van der Waals surface area contributed by atoms with Crippen LogP contribution in [0.1, 0.15) is 23.7 Å². The zero-order chi connectivity index (χ0) is 20.1. The van der Waals surface area contributed by atoms with E-state index in [4.69, 9.17) is 16.3 Å². The molecule has 1 amide bonds. The van der Waals surface area contributed by atoms with Gasteiger partial charge in [-0.05, 0) is 36.8 Å². The summed E-state index contributed by atoms with van der Waals surface area (Å²) in [5, 5.41) is 11.2. The fourth-order valence-electron chi connectivity index (χ4n) is 3.11. The molecule has 0 bridgehead atoms. The van der Waals surface area contributed by atoms with Gasteiger partial charge in [0, 0.05) is 43.9 Å². The van der Waals surface area contributed by atoms with Crippen molar-refractivity contribution in [2.45, 2.75) is 13.3 Å². The highest BCUT2D eigenvalue weighted by molar-refractivity contribution is 6.33. The molecule has 7 nitrogen and oxygen atoms in total. The SMILES string of the molecule is CCCOc1ccc(C(=O)N2CCN(c3ccc([N+](=O)[O-])cc3Cl)CC2)cc1. The van der Waals surface area contributed by atoms with Gasteiger partial charge >= 0.3 is 0 Å². The molecule has 0 spiro atoms. The molecule has 2 aromatic carbocycles. The van der Waals surface area contributed by atoms with Crippen molar-refractivity contribution in [3.05, 3.63) is 63.2 Å². The maximum Gasteiger partial charge on any atom is 0.271 e. The van der Waals surface area contributed by atoms with Crippen LogP contribution in [-0.2, 0) is 0 Å². The third-order valence-corrected chi connectivity index (χ3v) is 4.93. The van der Waals surface area contributed by atoms with E-state index >= 15 is 0 Å². The summed E-state index contributed by atoms with van der Waals surface area (Å²) in [5.74, 6) is 0.743. The highest BCUT2D eigenvalue weighted by Gasteiger charge is 2.24. The molecule has 1 aliphatic rings. The van der Waals surface area contributed by atoms with Crippen molar-refractivity contribution in [3.8, 4) is 5.75 Å². The predicted molar refractivity (Wildman–Crippen MR) is 108 cm³/mol. The van der Waals surface area contributed by atoms with Gasteiger partial charge in [0.15, 0.2) is 0 Å². The highest BCUT2D eigenvalue weighted by Crippen LogP contribution is 2.30. The van der Waals surface area contributed by atoms with Gasteiger partial charge in [-0.2, -0.15) is 0 Å². The topological polar surface area (TPSA) is 75.9 Å². The molecule has 0 N–H and O–H groups in total. The van der Waals surface area contributed by atoms with Gasteiger partial charge in [0.25, 0.3) is 11.6 Å². The van der Waals surface area contributed by atoms with Crippen LogP contribution in [0.3, 0.4) is 0 Å². The van der Waals surface area contributed by atoms with Crippen LogP contribution in [0.5, 0.6) is 5.75 Å². The number of hydrogen-bond acceptors (Lipinski definition) is 5. The molecule has 0 unspecified atom stereocenters. The summed E-state index contributed by atoms with van der Waals surface area (Å²) in [6.07, 6.45) is 0.934. The van der Waals surface area contributed by atoms with Crippen LogP contribution < -0.4 is 9.64 Å². The number of carbonyl (C=O) groups excluding carboxylic acids is 1. The summed E-state index contributed by atoms with van der Waals surface area (Å²) in [5.41, 5.74) is 1.34. The Kier molecular flexibility index (Phi) is 6.36. The summed E-state index contributed by atoms with van der Waals surface area (Å²) >= 11 is 6.21. The second-order valence-corrected chi connectivity index (χ2v) is 6.95. The predicted octanol–water partition coefficient (Wildman–Crippen LogP) is 4.00. The number of benzene rings is 2. The number of anilines is 1. The summed E-state index contributed by atoms with van der Waals surface area (Å²) in [6.45, 7) is 5.03. The first-order chi connectivity index (χ1) is 13.5. The summed E-state index contributed by atoms with van der Waals surface area (Å²) in [7, 11) is 0. The molecular weight excluding hydrogens is 382 g/mol. The van der Waals surface area contributed by atoms with E-state index < -0.39 is 4.92 Å². The van der Waals surface area contributed by atoms with Gasteiger partial charge in [0.05, 0.1) is 22.2 Å². The number of halogens is 1. The molecule has 2 aromatic rings. The largest absolute Gasteiger partial charge is 0.494 e. The van der Waals surface area contributed by atoms with Crippen molar-refractivity contribution in [3.63, 3.8) is 0 Å². The Morgan fingerprint density at radius 3 is 2.39 bits per heavy atom. The Bertz CT molecular complexity index is 849. The summed E-state index contributed by atoms with van der Waals surface area (Å²) in [6, 6.07) is 11.7. The van der Waals surface area contributed by atoms with Crippen molar-refractivity contribution >= 4 is 28.9 Å². The van der Waals surface area contributed by atoms with E-state index in [2.05, 4.69) is 0 Å². The molecule has 0 radical (unpaired) electrons. The minimum absolute atomic E-state index is 0.0171. The minimum Gasteiger partial charge on any atom is -0.494 e. The van der Waals surface area contributed by atoms with Crippen LogP contribution >= 0.6 is 11.6 Å². The van der Waals surface area contributed by atoms with Crippen molar-refractivity contribution in [1.29, 1.82) is 0 Å². The zero-order valence-corrected chi connectivity index (χ0v) is 16.4. The van der Waals surface area contributed by atoms with Gasteiger partial charge in [0.2, 0.25) is 0 Å². The quantitative estimate of drug-likeness (QED) is 0.538. The van der Waals surface area contributed by atoms with E-state index in [-0.39, 0.29) is 11.6 Å². The molecule has 0 atom stereocenters. The van der Waals surface area contributed by atoms with Crippen LogP contribution in [-0.4, -0.2) is 48.5 Å². The van der Waals surface area contributed by atoms with E-state index in [1.54, 1.807) is 23.1 Å². The average Bonchev–Trinajstić information content (AvgIpc) is 2.72. The van der Waals surface area contributed by atoms with E-state index in [9.17, 15) is 14.9 Å². The number of carbonyl (C=O) groups is 1. The van der Waals surface area contributed by atoms with Gasteiger partial charge in [-0.3, -0.25) is 14.9 Å². The number of nitro groups is 1. The van der Waals surface area contributed by atoms with Gasteiger partial charge in [-0.15, -0.1) is 0 Å². The molecule has 1 saturated heterocycles. The minimum atomic E-state index is -0.467. The van der Waals surface area contributed by atoms with E-state index in [0.29, 0.717) is 43.4 Å². The smallest absolute Gasteiger partial charge is 0.271 e. The van der Waals surface area contributed by atoms with Gasteiger partial charge in [-0.1, -0.05) is 18.5 Å². The van der Waals surface area contributed by atoms with Crippen molar-refractivity contribution < 1.29 is 14.5 Å². The van der Waals surface area contributed by atoms with Gasteiger partial charge in [-0.25, -0.2) is 0 Å². The maximum absolute atomic E-state index is 12.7. The molecule has 0 aliphatic carbocycles. The first kappa shape index (κ1) is 19.9. The molecule has 3 rings (SSSR count). The third-order valence-electron chi connectivity index (χ3n) is 4.62. The fourth-order valence-corrected chi connectivity index (χ4v) is 3.41. The third kappa shape index (κ3) is 4.54. The number of non-ortho nitro benzene ring substituents is 1. The molecule has 0 aromatic heterocycles. The number of hydrogen-bond donors (Lipinski definition) is 0. The second-order valence-electron chi connectivity index (χ2n) is 6.54. The monoisotopic (exact) mass is 403 g/mol. The molecule has 1 heterocycles. The number of nitrogens with zero attached hydrogens (tertiary/aromatic N) is 3. The van der Waals surface area contributed by atoms with Crippen molar-refractivity contribution in [1.82, 2.24) is 4.90 Å².